The van der Waals surface area contributed by atoms with E-state index in [1.54, 1.807) is 0 Å². The number of hydrogen-bond acceptors (Lipinski definition) is 5. The summed E-state index contributed by atoms with van der Waals surface area (Å²) >= 11 is 9.19. The number of nitrogens with one attached hydrogen (secondary N) is 1. The lowest BCUT2D eigenvalue weighted by Gasteiger charge is -2.07. The van der Waals surface area contributed by atoms with Crippen LogP contribution in [0.1, 0.15) is 0 Å². The number of anilines is 3. The summed E-state index contributed by atoms with van der Waals surface area (Å²) < 4.78 is 1.04. The molecule has 3 aromatic rings. The number of nitrogens with zero attached hydrogens (tertiary/aromatic N) is 3. The van der Waals surface area contributed by atoms with Gasteiger partial charge in [0.05, 0.1) is 0 Å². The zero-order valence-corrected chi connectivity index (χ0v) is 12.5. The van der Waals surface area contributed by atoms with E-state index in [1.807, 2.05) is 30.3 Å². The van der Waals surface area contributed by atoms with Crippen molar-refractivity contribution in [1.82, 2.24) is 15.0 Å². The first-order valence-electron chi connectivity index (χ1n) is 5.73. The molecule has 1 heterocycles. The van der Waals surface area contributed by atoms with Crippen LogP contribution < -0.4 is 11.1 Å². The van der Waals surface area contributed by atoms with Gasteiger partial charge in [-0.1, -0.05) is 28.1 Å². The van der Waals surface area contributed by atoms with Gasteiger partial charge >= 0.3 is 0 Å². The van der Waals surface area contributed by atoms with Crippen molar-refractivity contribution in [3.8, 4) is 0 Å². The highest BCUT2D eigenvalue weighted by atomic mass is 79.9. The summed E-state index contributed by atoms with van der Waals surface area (Å²) in [6.07, 6.45) is 0. The van der Waals surface area contributed by atoms with Crippen LogP contribution in [0.4, 0.5) is 17.6 Å². The molecule has 0 aliphatic rings. The third-order valence-electron chi connectivity index (χ3n) is 2.68. The van der Waals surface area contributed by atoms with Crippen LogP contribution in [0.5, 0.6) is 0 Å². The summed E-state index contributed by atoms with van der Waals surface area (Å²) in [5.74, 6) is 0.399. The first kappa shape index (κ1) is 13.1. The molecule has 0 fully saturated rings. The van der Waals surface area contributed by atoms with E-state index in [4.69, 9.17) is 17.3 Å². The fourth-order valence-corrected chi connectivity index (χ4v) is 2.39. The Morgan fingerprint density at radius 1 is 1.00 bits per heavy atom. The molecule has 2 aromatic carbocycles. The average molecular weight is 351 g/mol. The average Bonchev–Trinajstić information content (AvgIpc) is 2.38. The largest absolute Gasteiger partial charge is 0.368 e. The Kier molecular flexibility index (Phi) is 3.42. The summed E-state index contributed by atoms with van der Waals surface area (Å²) in [7, 11) is 0. The first-order valence-corrected chi connectivity index (χ1v) is 6.91. The van der Waals surface area contributed by atoms with Crippen molar-refractivity contribution in [3.63, 3.8) is 0 Å². The van der Waals surface area contributed by atoms with Crippen LogP contribution >= 0.6 is 27.5 Å². The molecule has 0 aliphatic heterocycles. The van der Waals surface area contributed by atoms with Crippen molar-refractivity contribution >= 4 is 55.9 Å². The van der Waals surface area contributed by atoms with Crippen molar-refractivity contribution in [3.05, 3.63) is 46.2 Å². The standard InChI is InChI=1S/C13H9BrClN5/c14-9-3-1-8-6-10(4-2-7(8)5-9)17-13-19-11(15)18-12(16)20-13/h1-6H,(H3,16,17,18,19,20). The quantitative estimate of drug-likeness (QED) is 0.736. The molecule has 3 N–H and O–H groups in total. The van der Waals surface area contributed by atoms with E-state index in [2.05, 4.69) is 42.3 Å². The van der Waals surface area contributed by atoms with Gasteiger partial charge in [0.1, 0.15) is 0 Å². The van der Waals surface area contributed by atoms with Crippen molar-refractivity contribution in [2.75, 3.05) is 11.1 Å². The SMILES string of the molecule is Nc1nc(Cl)nc(Nc2ccc3cc(Br)ccc3c2)n1. The zero-order valence-electron chi connectivity index (χ0n) is 10.1. The van der Waals surface area contributed by atoms with E-state index in [0.29, 0.717) is 5.95 Å². The molecule has 100 valence electrons. The van der Waals surface area contributed by atoms with Crippen LogP contribution in [-0.2, 0) is 0 Å². The molecule has 0 radical (unpaired) electrons. The van der Waals surface area contributed by atoms with E-state index >= 15 is 0 Å². The van der Waals surface area contributed by atoms with Gasteiger partial charge in [0.2, 0.25) is 17.2 Å². The molecule has 7 heteroatoms. The van der Waals surface area contributed by atoms with Crippen LogP contribution in [0.3, 0.4) is 0 Å². The minimum absolute atomic E-state index is 0.0599. The smallest absolute Gasteiger partial charge is 0.233 e. The number of nitrogen functional groups attached to an aromatic ring is 1. The maximum Gasteiger partial charge on any atom is 0.233 e. The molecule has 0 saturated carbocycles. The van der Waals surface area contributed by atoms with Gasteiger partial charge in [0.25, 0.3) is 0 Å². The summed E-state index contributed by atoms with van der Waals surface area (Å²) in [5.41, 5.74) is 6.38. The molecular formula is C13H9BrClN5. The van der Waals surface area contributed by atoms with E-state index < -0.39 is 0 Å². The fraction of sp³-hybridized carbons (Fsp3) is 0. The fourth-order valence-electron chi connectivity index (χ4n) is 1.84. The Balaban J connectivity index is 1.96. The Labute approximate surface area is 128 Å². The Hall–Kier alpha value is -1.92. The minimum atomic E-state index is 0.0599. The first-order chi connectivity index (χ1) is 9.60. The molecule has 20 heavy (non-hydrogen) atoms. The molecular weight excluding hydrogens is 342 g/mol. The highest BCUT2D eigenvalue weighted by Gasteiger charge is 2.04. The molecule has 0 atom stereocenters. The third kappa shape index (κ3) is 2.81. The van der Waals surface area contributed by atoms with Gasteiger partial charge in [-0.25, -0.2) is 0 Å². The van der Waals surface area contributed by atoms with Gasteiger partial charge < -0.3 is 11.1 Å². The van der Waals surface area contributed by atoms with Gasteiger partial charge in [-0.2, -0.15) is 15.0 Å². The van der Waals surface area contributed by atoms with Crippen molar-refractivity contribution in [1.29, 1.82) is 0 Å². The molecule has 0 bridgehead atoms. The number of benzene rings is 2. The maximum atomic E-state index is 5.74. The topological polar surface area (TPSA) is 76.7 Å². The second-order valence-corrected chi connectivity index (χ2v) is 5.37. The molecule has 3 rings (SSSR count). The van der Waals surface area contributed by atoms with Crippen LogP contribution in [0.2, 0.25) is 5.28 Å². The van der Waals surface area contributed by atoms with Crippen LogP contribution in [0.15, 0.2) is 40.9 Å². The van der Waals surface area contributed by atoms with E-state index in [0.717, 1.165) is 20.9 Å². The van der Waals surface area contributed by atoms with Crippen molar-refractivity contribution < 1.29 is 0 Å². The highest BCUT2D eigenvalue weighted by Crippen LogP contribution is 2.24. The molecule has 0 saturated heterocycles. The van der Waals surface area contributed by atoms with Crippen LogP contribution in [0, 0.1) is 0 Å². The number of nitrogens with two attached hydrogens (primary N) is 1. The monoisotopic (exact) mass is 349 g/mol. The normalized spacial score (nSPS) is 10.7. The van der Waals surface area contributed by atoms with Crippen LogP contribution in [-0.4, -0.2) is 15.0 Å². The van der Waals surface area contributed by atoms with Crippen molar-refractivity contribution in [2.45, 2.75) is 0 Å². The van der Waals surface area contributed by atoms with Gasteiger partial charge in [0, 0.05) is 10.2 Å². The summed E-state index contributed by atoms with van der Waals surface area (Å²) in [4.78, 5) is 11.7. The molecule has 1 aromatic heterocycles. The summed E-state index contributed by atoms with van der Waals surface area (Å²) in [6, 6.07) is 12.0. The molecule has 0 spiro atoms. The lowest BCUT2D eigenvalue weighted by atomic mass is 10.1. The van der Waals surface area contributed by atoms with Crippen molar-refractivity contribution in [2.24, 2.45) is 0 Å². The third-order valence-corrected chi connectivity index (χ3v) is 3.35. The number of hydrogen-bond donors (Lipinski definition) is 2. The maximum absolute atomic E-state index is 5.74. The molecule has 0 aliphatic carbocycles. The zero-order chi connectivity index (χ0) is 14.1. The Morgan fingerprint density at radius 2 is 1.75 bits per heavy atom. The number of halogens is 2. The highest BCUT2D eigenvalue weighted by molar-refractivity contribution is 9.10. The van der Waals surface area contributed by atoms with Crippen LogP contribution in [0.25, 0.3) is 10.8 Å². The Morgan fingerprint density at radius 3 is 2.55 bits per heavy atom. The summed E-state index contributed by atoms with van der Waals surface area (Å²) in [5, 5.41) is 5.35. The second kappa shape index (κ2) is 5.22. The molecule has 5 nitrogen and oxygen atoms in total. The van der Waals surface area contributed by atoms with Gasteiger partial charge in [-0.15, -0.1) is 0 Å². The number of aromatic nitrogens is 3. The molecule has 0 unspecified atom stereocenters. The lowest BCUT2D eigenvalue weighted by molar-refractivity contribution is 1.07. The van der Waals surface area contributed by atoms with E-state index in [1.165, 1.54) is 0 Å². The minimum Gasteiger partial charge on any atom is -0.368 e. The summed E-state index contributed by atoms with van der Waals surface area (Å²) in [6.45, 7) is 0. The second-order valence-electron chi connectivity index (χ2n) is 4.12. The number of fused-ring (bicyclic) bond motifs is 1. The number of rotatable bonds is 2. The van der Waals surface area contributed by atoms with E-state index in [9.17, 15) is 0 Å². The molecule has 0 amide bonds. The van der Waals surface area contributed by atoms with E-state index in [-0.39, 0.29) is 11.2 Å². The van der Waals surface area contributed by atoms with Gasteiger partial charge in [-0.3, -0.25) is 0 Å². The van der Waals surface area contributed by atoms with Gasteiger partial charge in [0.15, 0.2) is 0 Å². The Bertz CT molecular complexity index is 773. The van der Waals surface area contributed by atoms with Gasteiger partial charge in [-0.05, 0) is 46.6 Å². The predicted molar refractivity (Wildman–Crippen MR) is 84.2 cm³/mol. The predicted octanol–water partition coefficient (Wildman–Crippen LogP) is 3.77. The lowest BCUT2D eigenvalue weighted by Crippen LogP contribution is -2.03.